The fourth-order valence-electron chi connectivity index (χ4n) is 1.73. The minimum absolute atomic E-state index is 0.334. The summed E-state index contributed by atoms with van der Waals surface area (Å²) in [6, 6.07) is 9.74. The van der Waals surface area contributed by atoms with E-state index in [4.69, 9.17) is 39.5 Å². The third kappa shape index (κ3) is 4.03. The van der Waals surface area contributed by atoms with E-state index in [0.717, 1.165) is 0 Å². The van der Waals surface area contributed by atoms with Crippen LogP contribution in [0.5, 0.6) is 5.75 Å². The molecule has 0 spiro atoms. The minimum atomic E-state index is -0.334. The zero-order valence-electron chi connectivity index (χ0n) is 11.1. The molecule has 0 saturated heterocycles. The van der Waals surface area contributed by atoms with Crippen molar-refractivity contribution in [1.29, 1.82) is 0 Å². The Kier molecular flexibility index (Phi) is 5.34. The fraction of sp³-hybridized carbons (Fsp3) is 0.133. The first-order chi connectivity index (χ1) is 10.0. The average Bonchev–Trinajstić information content (AvgIpc) is 2.45. The average molecular weight is 345 g/mol. The largest absolute Gasteiger partial charge is 0.493 e. The first-order valence-corrected chi connectivity index (χ1v) is 7.33. The van der Waals surface area contributed by atoms with Gasteiger partial charge in [-0.1, -0.05) is 34.8 Å². The second-order valence-electron chi connectivity index (χ2n) is 4.16. The Bertz CT molecular complexity index is 674. The van der Waals surface area contributed by atoms with Crippen LogP contribution in [0, 0.1) is 0 Å². The molecule has 0 aliphatic rings. The molecule has 3 nitrogen and oxygen atoms in total. The van der Waals surface area contributed by atoms with Gasteiger partial charge in [0.2, 0.25) is 0 Å². The van der Waals surface area contributed by atoms with Crippen molar-refractivity contribution in [2.45, 2.75) is 6.92 Å². The lowest BCUT2D eigenvalue weighted by Gasteiger charge is -2.11. The zero-order valence-corrected chi connectivity index (χ0v) is 13.4. The number of hydrogen-bond acceptors (Lipinski definition) is 2. The lowest BCUT2D eigenvalue weighted by atomic mass is 10.2. The van der Waals surface area contributed by atoms with Crippen LogP contribution in [0.4, 0.5) is 5.69 Å². The molecule has 0 aliphatic carbocycles. The van der Waals surface area contributed by atoms with Gasteiger partial charge >= 0.3 is 0 Å². The standard InChI is InChI=1S/C15H12Cl3NO2/c1-2-21-14-6-3-9(16)7-11(14)15(20)19-10-4-5-12(17)13(18)8-10/h3-8H,2H2,1H3,(H,19,20). The maximum absolute atomic E-state index is 12.3. The van der Waals surface area contributed by atoms with E-state index in [1.165, 1.54) is 0 Å². The van der Waals surface area contributed by atoms with Crippen molar-refractivity contribution >= 4 is 46.4 Å². The van der Waals surface area contributed by atoms with E-state index in [9.17, 15) is 4.79 Å². The number of halogens is 3. The van der Waals surface area contributed by atoms with Gasteiger partial charge in [0.1, 0.15) is 5.75 Å². The van der Waals surface area contributed by atoms with Gasteiger partial charge in [-0.15, -0.1) is 0 Å². The van der Waals surface area contributed by atoms with Crippen molar-refractivity contribution in [3.05, 3.63) is 57.0 Å². The smallest absolute Gasteiger partial charge is 0.259 e. The summed E-state index contributed by atoms with van der Waals surface area (Å²) >= 11 is 17.7. The molecule has 2 aromatic rings. The van der Waals surface area contributed by atoms with Gasteiger partial charge in [-0.3, -0.25) is 4.79 Å². The summed E-state index contributed by atoms with van der Waals surface area (Å²) in [6.45, 7) is 2.30. The number of rotatable bonds is 4. The summed E-state index contributed by atoms with van der Waals surface area (Å²) in [4.78, 5) is 12.3. The van der Waals surface area contributed by atoms with Crippen LogP contribution in [-0.4, -0.2) is 12.5 Å². The summed E-state index contributed by atoms with van der Waals surface area (Å²) in [6.07, 6.45) is 0. The van der Waals surface area contributed by atoms with Crippen LogP contribution in [-0.2, 0) is 0 Å². The summed E-state index contributed by atoms with van der Waals surface area (Å²) in [5.41, 5.74) is 0.896. The highest BCUT2D eigenvalue weighted by molar-refractivity contribution is 6.42. The number of nitrogens with one attached hydrogen (secondary N) is 1. The summed E-state index contributed by atoms with van der Waals surface area (Å²) in [7, 11) is 0. The topological polar surface area (TPSA) is 38.3 Å². The molecule has 0 aromatic heterocycles. The highest BCUT2D eigenvalue weighted by atomic mass is 35.5. The quantitative estimate of drug-likeness (QED) is 0.817. The van der Waals surface area contributed by atoms with Crippen molar-refractivity contribution in [1.82, 2.24) is 0 Å². The number of hydrogen-bond donors (Lipinski definition) is 1. The van der Waals surface area contributed by atoms with Gasteiger partial charge in [-0.05, 0) is 43.3 Å². The van der Waals surface area contributed by atoms with Gasteiger partial charge in [0, 0.05) is 10.7 Å². The van der Waals surface area contributed by atoms with Crippen molar-refractivity contribution in [3.63, 3.8) is 0 Å². The van der Waals surface area contributed by atoms with Crippen LogP contribution in [0.15, 0.2) is 36.4 Å². The molecule has 0 fully saturated rings. The normalized spacial score (nSPS) is 10.3. The Morgan fingerprint density at radius 1 is 1.10 bits per heavy atom. The Morgan fingerprint density at radius 3 is 2.52 bits per heavy atom. The van der Waals surface area contributed by atoms with Gasteiger partial charge in [0.15, 0.2) is 0 Å². The number of carbonyl (C=O) groups excluding carboxylic acids is 1. The van der Waals surface area contributed by atoms with Gasteiger partial charge in [-0.2, -0.15) is 0 Å². The highest BCUT2D eigenvalue weighted by Crippen LogP contribution is 2.27. The molecule has 2 rings (SSSR count). The second kappa shape index (κ2) is 7.03. The van der Waals surface area contributed by atoms with E-state index in [-0.39, 0.29) is 5.91 Å². The lowest BCUT2D eigenvalue weighted by molar-refractivity contribution is 0.102. The number of benzene rings is 2. The molecule has 1 amide bonds. The number of ether oxygens (including phenoxy) is 1. The predicted octanol–water partition coefficient (Wildman–Crippen LogP) is 5.30. The first kappa shape index (κ1) is 16.0. The Labute approximate surface area is 137 Å². The summed E-state index contributed by atoms with van der Waals surface area (Å²) < 4.78 is 5.43. The Hall–Kier alpha value is -1.42. The molecule has 0 radical (unpaired) electrons. The third-order valence-corrected chi connectivity index (χ3v) is 3.64. The highest BCUT2D eigenvalue weighted by Gasteiger charge is 2.14. The van der Waals surface area contributed by atoms with E-state index in [2.05, 4.69) is 5.32 Å². The van der Waals surface area contributed by atoms with Crippen LogP contribution in [0.25, 0.3) is 0 Å². The molecule has 6 heteroatoms. The van der Waals surface area contributed by atoms with Gasteiger partial charge in [0.05, 0.1) is 22.2 Å². The molecule has 0 heterocycles. The second-order valence-corrected chi connectivity index (χ2v) is 5.41. The van der Waals surface area contributed by atoms with Crippen molar-refractivity contribution < 1.29 is 9.53 Å². The monoisotopic (exact) mass is 343 g/mol. The molecule has 1 N–H and O–H groups in total. The number of anilines is 1. The van der Waals surface area contributed by atoms with Crippen LogP contribution in [0.3, 0.4) is 0 Å². The molecule has 0 unspecified atom stereocenters. The van der Waals surface area contributed by atoms with E-state index < -0.39 is 0 Å². The zero-order chi connectivity index (χ0) is 15.4. The summed E-state index contributed by atoms with van der Waals surface area (Å²) in [5, 5.41) is 3.98. The van der Waals surface area contributed by atoms with Gasteiger partial charge < -0.3 is 10.1 Å². The number of carbonyl (C=O) groups is 1. The minimum Gasteiger partial charge on any atom is -0.493 e. The van der Waals surface area contributed by atoms with E-state index in [1.54, 1.807) is 36.4 Å². The molecule has 0 atom stereocenters. The lowest BCUT2D eigenvalue weighted by Crippen LogP contribution is -2.13. The van der Waals surface area contributed by atoms with E-state index in [0.29, 0.717) is 38.7 Å². The van der Waals surface area contributed by atoms with Crippen LogP contribution < -0.4 is 10.1 Å². The first-order valence-electron chi connectivity index (χ1n) is 6.20. The van der Waals surface area contributed by atoms with Gasteiger partial charge in [0.25, 0.3) is 5.91 Å². The maximum atomic E-state index is 12.3. The van der Waals surface area contributed by atoms with Crippen molar-refractivity contribution in [2.75, 3.05) is 11.9 Å². The van der Waals surface area contributed by atoms with Crippen LogP contribution >= 0.6 is 34.8 Å². The molecule has 21 heavy (non-hydrogen) atoms. The molecular formula is C15H12Cl3NO2. The SMILES string of the molecule is CCOc1ccc(Cl)cc1C(=O)Nc1ccc(Cl)c(Cl)c1. The van der Waals surface area contributed by atoms with E-state index >= 15 is 0 Å². The fourth-order valence-corrected chi connectivity index (χ4v) is 2.20. The van der Waals surface area contributed by atoms with Crippen molar-refractivity contribution in [3.8, 4) is 5.75 Å². The molecule has 0 bridgehead atoms. The predicted molar refractivity (Wildman–Crippen MR) is 87.0 cm³/mol. The van der Waals surface area contributed by atoms with Crippen LogP contribution in [0.2, 0.25) is 15.1 Å². The molecule has 110 valence electrons. The molecule has 0 saturated carbocycles. The Morgan fingerprint density at radius 2 is 1.86 bits per heavy atom. The number of amides is 1. The maximum Gasteiger partial charge on any atom is 0.259 e. The molecule has 2 aromatic carbocycles. The Balaban J connectivity index is 2.27. The third-order valence-electron chi connectivity index (χ3n) is 2.66. The van der Waals surface area contributed by atoms with E-state index in [1.807, 2.05) is 6.92 Å². The molecule has 0 aliphatic heterocycles. The van der Waals surface area contributed by atoms with Crippen molar-refractivity contribution in [2.24, 2.45) is 0 Å². The van der Waals surface area contributed by atoms with Gasteiger partial charge in [-0.25, -0.2) is 0 Å². The summed E-state index contributed by atoms with van der Waals surface area (Å²) in [5.74, 6) is 0.138. The van der Waals surface area contributed by atoms with Crippen LogP contribution in [0.1, 0.15) is 17.3 Å². The molecular weight excluding hydrogens is 333 g/mol.